The molecule has 0 radical (unpaired) electrons. The van der Waals surface area contributed by atoms with Crippen LogP contribution in [0.2, 0.25) is 0 Å². The molecule has 2 fully saturated rings. The van der Waals surface area contributed by atoms with Gasteiger partial charge in [0.15, 0.2) is 0 Å². The van der Waals surface area contributed by atoms with Gasteiger partial charge in [0.25, 0.3) is 0 Å². The number of carboxylic acids is 1. The highest BCUT2D eigenvalue weighted by Crippen LogP contribution is 2.27. The Kier molecular flexibility index (Phi) is 5.55. The fourth-order valence-electron chi connectivity index (χ4n) is 3.00. The van der Waals surface area contributed by atoms with Crippen molar-refractivity contribution in [2.75, 3.05) is 5.75 Å². The van der Waals surface area contributed by atoms with Gasteiger partial charge in [-0.1, -0.05) is 25.7 Å². The van der Waals surface area contributed by atoms with Crippen LogP contribution in [0.25, 0.3) is 0 Å². The minimum Gasteiger partial charge on any atom is -0.481 e. The van der Waals surface area contributed by atoms with Crippen molar-refractivity contribution in [3.63, 3.8) is 0 Å². The molecule has 1 amide bonds. The molecule has 2 aliphatic rings. The van der Waals surface area contributed by atoms with E-state index < -0.39 is 11.9 Å². The molecule has 0 bridgehead atoms. The molecule has 1 saturated heterocycles. The number of nitrogens with one attached hydrogen (secondary N) is 1. The van der Waals surface area contributed by atoms with Crippen LogP contribution in [0.4, 0.5) is 0 Å². The van der Waals surface area contributed by atoms with Crippen LogP contribution in [-0.2, 0) is 9.59 Å². The molecule has 3 atom stereocenters. The van der Waals surface area contributed by atoms with Crippen molar-refractivity contribution >= 4 is 23.6 Å². The average molecular weight is 285 g/mol. The number of aliphatic carboxylic acids is 1. The number of carbonyl (C=O) groups is 2. The van der Waals surface area contributed by atoms with Gasteiger partial charge < -0.3 is 10.4 Å². The Morgan fingerprint density at radius 2 is 1.74 bits per heavy atom. The van der Waals surface area contributed by atoms with Crippen LogP contribution >= 0.6 is 11.8 Å². The van der Waals surface area contributed by atoms with Gasteiger partial charge in [0.05, 0.1) is 11.2 Å². The summed E-state index contributed by atoms with van der Waals surface area (Å²) < 4.78 is 0. The van der Waals surface area contributed by atoms with Crippen molar-refractivity contribution in [2.24, 2.45) is 5.92 Å². The molecule has 3 unspecified atom stereocenters. The summed E-state index contributed by atoms with van der Waals surface area (Å²) in [6.45, 7) is 0. The Labute approximate surface area is 118 Å². The van der Waals surface area contributed by atoms with Gasteiger partial charge in [0.2, 0.25) is 5.91 Å². The molecule has 2 N–H and O–H groups in total. The fourth-order valence-corrected chi connectivity index (χ4v) is 4.21. The summed E-state index contributed by atoms with van der Waals surface area (Å²) in [5.74, 6) is -0.0585. The quantitative estimate of drug-likeness (QED) is 0.782. The minimum atomic E-state index is -0.761. The maximum atomic E-state index is 12.2. The number of thioether (sulfide) groups is 1. The standard InChI is InChI=1S/C14H23NO3S/c16-13(12-8-4-5-9-19-12)15-11-7-3-1-2-6-10(11)14(17)18/h10-12H,1-9H2,(H,15,16)(H,17,18). The maximum absolute atomic E-state index is 12.2. The van der Waals surface area contributed by atoms with E-state index in [1.54, 1.807) is 11.8 Å². The van der Waals surface area contributed by atoms with Crippen LogP contribution in [0.15, 0.2) is 0 Å². The first-order valence-electron chi connectivity index (χ1n) is 7.33. The van der Waals surface area contributed by atoms with E-state index in [0.717, 1.165) is 44.3 Å². The van der Waals surface area contributed by atoms with Crippen LogP contribution < -0.4 is 5.32 Å². The van der Waals surface area contributed by atoms with E-state index in [4.69, 9.17) is 0 Å². The largest absolute Gasteiger partial charge is 0.481 e. The number of carboxylic acid groups (broad SMARTS) is 1. The summed E-state index contributed by atoms with van der Waals surface area (Å²) >= 11 is 1.72. The average Bonchev–Trinajstić information content (AvgIpc) is 2.65. The number of rotatable bonds is 3. The molecule has 0 aromatic rings. The monoisotopic (exact) mass is 285 g/mol. The van der Waals surface area contributed by atoms with Gasteiger partial charge >= 0.3 is 5.97 Å². The SMILES string of the molecule is O=C(NC1CCCCCC1C(=O)O)C1CCCCS1. The summed E-state index contributed by atoms with van der Waals surface area (Å²) in [4.78, 5) is 23.5. The summed E-state index contributed by atoms with van der Waals surface area (Å²) in [7, 11) is 0. The minimum absolute atomic E-state index is 0.0337. The van der Waals surface area contributed by atoms with Gasteiger partial charge in [-0.3, -0.25) is 9.59 Å². The van der Waals surface area contributed by atoms with E-state index in [-0.39, 0.29) is 17.2 Å². The van der Waals surface area contributed by atoms with Gasteiger partial charge in [-0.15, -0.1) is 11.8 Å². The first-order chi connectivity index (χ1) is 9.18. The normalized spacial score (nSPS) is 32.3. The van der Waals surface area contributed by atoms with Crippen molar-refractivity contribution in [3.05, 3.63) is 0 Å². The zero-order chi connectivity index (χ0) is 13.7. The first-order valence-corrected chi connectivity index (χ1v) is 8.38. The zero-order valence-corrected chi connectivity index (χ0v) is 12.1. The highest BCUT2D eigenvalue weighted by Gasteiger charge is 2.32. The predicted molar refractivity (Wildman–Crippen MR) is 76.2 cm³/mol. The van der Waals surface area contributed by atoms with Crippen molar-refractivity contribution < 1.29 is 14.7 Å². The van der Waals surface area contributed by atoms with Crippen LogP contribution in [0.5, 0.6) is 0 Å². The third-order valence-corrected chi connectivity index (χ3v) is 5.51. The van der Waals surface area contributed by atoms with Gasteiger partial charge in [0.1, 0.15) is 0 Å². The first kappa shape index (κ1) is 14.7. The summed E-state index contributed by atoms with van der Waals surface area (Å²) in [6.07, 6.45) is 7.79. The second-order valence-electron chi connectivity index (χ2n) is 5.55. The molecular formula is C14H23NO3S. The second kappa shape index (κ2) is 7.17. The molecule has 0 aromatic carbocycles. The Bertz CT molecular complexity index is 329. The lowest BCUT2D eigenvalue weighted by Crippen LogP contribution is -2.46. The lowest BCUT2D eigenvalue weighted by atomic mass is 9.94. The van der Waals surface area contributed by atoms with Crippen LogP contribution in [-0.4, -0.2) is 34.0 Å². The number of carbonyl (C=O) groups excluding carboxylic acids is 1. The number of amides is 1. The molecule has 1 saturated carbocycles. The lowest BCUT2D eigenvalue weighted by molar-refractivity contribution is -0.143. The van der Waals surface area contributed by atoms with E-state index in [9.17, 15) is 14.7 Å². The molecule has 0 aromatic heterocycles. The van der Waals surface area contributed by atoms with Crippen molar-refractivity contribution in [1.82, 2.24) is 5.32 Å². The molecule has 5 heteroatoms. The Hall–Kier alpha value is -0.710. The number of hydrogen-bond acceptors (Lipinski definition) is 3. The Morgan fingerprint density at radius 3 is 2.42 bits per heavy atom. The van der Waals surface area contributed by atoms with Gasteiger partial charge in [0, 0.05) is 6.04 Å². The molecule has 4 nitrogen and oxygen atoms in total. The van der Waals surface area contributed by atoms with Crippen molar-refractivity contribution in [3.8, 4) is 0 Å². The fraction of sp³-hybridized carbons (Fsp3) is 0.857. The van der Waals surface area contributed by atoms with E-state index in [1.165, 1.54) is 6.42 Å². The van der Waals surface area contributed by atoms with E-state index in [1.807, 2.05) is 0 Å². The highest BCUT2D eigenvalue weighted by molar-refractivity contribution is 8.00. The van der Waals surface area contributed by atoms with Gasteiger partial charge in [-0.2, -0.15) is 0 Å². The van der Waals surface area contributed by atoms with Crippen molar-refractivity contribution in [1.29, 1.82) is 0 Å². The molecule has 1 aliphatic carbocycles. The molecule has 108 valence electrons. The zero-order valence-electron chi connectivity index (χ0n) is 11.3. The van der Waals surface area contributed by atoms with Gasteiger partial charge in [-0.25, -0.2) is 0 Å². The van der Waals surface area contributed by atoms with E-state index in [2.05, 4.69) is 5.32 Å². The molecule has 19 heavy (non-hydrogen) atoms. The smallest absolute Gasteiger partial charge is 0.308 e. The summed E-state index contributed by atoms with van der Waals surface area (Å²) in [5, 5.41) is 12.4. The van der Waals surface area contributed by atoms with Gasteiger partial charge in [-0.05, 0) is 31.4 Å². The molecule has 1 heterocycles. The summed E-state index contributed by atoms with van der Waals surface area (Å²) in [5.41, 5.74) is 0. The summed E-state index contributed by atoms with van der Waals surface area (Å²) in [6, 6.07) is -0.171. The van der Waals surface area contributed by atoms with Crippen LogP contribution in [0, 0.1) is 5.92 Å². The highest BCUT2D eigenvalue weighted by atomic mass is 32.2. The predicted octanol–water partition coefficient (Wildman–Crippen LogP) is 2.42. The van der Waals surface area contributed by atoms with Crippen LogP contribution in [0.3, 0.4) is 0 Å². The van der Waals surface area contributed by atoms with Crippen LogP contribution in [0.1, 0.15) is 51.4 Å². The van der Waals surface area contributed by atoms with Crippen molar-refractivity contribution in [2.45, 2.75) is 62.7 Å². The second-order valence-corrected chi connectivity index (χ2v) is 6.86. The third kappa shape index (κ3) is 4.13. The Morgan fingerprint density at radius 1 is 1.00 bits per heavy atom. The van der Waals surface area contributed by atoms with E-state index >= 15 is 0 Å². The molecule has 2 rings (SSSR count). The lowest BCUT2D eigenvalue weighted by Gasteiger charge is -2.27. The topological polar surface area (TPSA) is 66.4 Å². The molecule has 0 spiro atoms. The third-order valence-electron chi connectivity index (χ3n) is 4.13. The Balaban J connectivity index is 1.93. The molecule has 1 aliphatic heterocycles. The van der Waals surface area contributed by atoms with E-state index in [0.29, 0.717) is 6.42 Å². The number of hydrogen-bond donors (Lipinski definition) is 2. The molecular weight excluding hydrogens is 262 g/mol. The maximum Gasteiger partial charge on any atom is 0.308 e.